The van der Waals surface area contributed by atoms with E-state index in [1.807, 2.05) is 62.4 Å². The lowest BCUT2D eigenvalue weighted by Crippen LogP contribution is -2.27. The van der Waals surface area contributed by atoms with Crippen molar-refractivity contribution >= 4 is 5.91 Å². The van der Waals surface area contributed by atoms with E-state index < -0.39 is 0 Å². The predicted octanol–water partition coefficient (Wildman–Crippen LogP) is 3.63. The van der Waals surface area contributed by atoms with Gasteiger partial charge in [-0.2, -0.15) is 0 Å². The van der Waals surface area contributed by atoms with Crippen LogP contribution in [0.25, 0.3) is 11.5 Å². The molecule has 5 heteroatoms. The molecule has 0 fully saturated rings. The third-order valence-electron chi connectivity index (χ3n) is 3.86. The molecule has 0 radical (unpaired) electrons. The van der Waals surface area contributed by atoms with E-state index in [1.54, 1.807) is 11.9 Å². The summed E-state index contributed by atoms with van der Waals surface area (Å²) in [6.45, 7) is 4.21. The van der Waals surface area contributed by atoms with E-state index in [0.717, 1.165) is 11.1 Å². The van der Waals surface area contributed by atoms with Crippen molar-refractivity contribution in [3.63, 3.8) is 0 Å². The Balaban J connectivity index is 1.73. The molecule has 0 aliphatic carbocycles. The summed E-state index contributed by atoms with van der Waals surface area (Å²) in [4.78, 5) is 14.1. The Hall–Kier alpha value is -2.95. The summed E-state index contributed by atoms with van der Waals surface area (Å²) in [5.74, 6) is 0.805. The second-order valence-electron chi connectivity index (χ2n) is 5.84. The maximum absolute atomic E-state index is 12.5. The van der Waals surface area contributed by atoms with Crippen LogP contribution in [0.1, 0.15) is 27.4 Å². The highest BCUT2D eigenvalue weighted by Crippen LogP contribution is 2.19. The zero-order valence-electron chi connectivity index (χ0n) is 14.0. The molecular weight excluding hydrogens is 302 g/mol. The average Bonchev–Trinajstić information content (AvgIpc) is 3.04. The van der Waals surface area contributed by atoms with Gasteiger partial charge in [-0.25, -0.2) is 0 Å². The predicted molar refractivity (Wildman–Crippen MR) is 91.4 cm³/mol. The molecule has 0 N–H and O–H groups in total. The molecule has 0 spiro atoms. The largest absolute Gasteiger partial charge is 0.419 e. The molecular formula is C19H19N3O2. The van der Waals surface area contributed by atoms with E-state index in [4.69, 9.17) is 4.42 Å². The Morgan fingerprint density at radius 1 is 1.04 bits per heavy atom. The fourth-order valence-electron chi connectivity index (χ4n) is 2.42. The standard InChI is InChI=1S/C19H19N3O2/c1-13-8-10-15(11-9-13)18-21-20-17(24-18)12-22(3)19(23)16-7-5-4-6-14(16)2/h4-11H,12H2,1-3H3. The number of rotatable bonds is 4. The van der Waals surface area contributed by atoms with Gasteiger partial charge >= 0.3 is 0 Å². The van der Waals surface area contributed by atoms with Gasteiger partial charge in [0, 0.05) is 18.2 Å². The van der Waals surface area contributed by atoms with Gasteiger partial charge in [0.2, 0.25) is 11.8 Å². The molecule has 0 aliphatic heterocycles. The topological polar surface area (TPSA) is 59.2 Å². The zero-order chi connectivity index (χ0) is 17.1. The normalized spacial score (nSPS) is 10.6. The molecule has 0 aliphatic rings. The SMILES string of the molecule is Cc1ccc(-c2nnc(CN(C)C(=O)c3ccccc3C)o2)cc1. The summed E-state index contributed by atoms with van der Waals surface area (Å²) in [6.07, 6.45) is 0. The molecule has 24 heavy (non-hydrogen) atoms. The van der Waals surface area contributed by atoms with Crippen LogP contribution in [0.3, 0.4) is 0 Å². The molecule has 2 aromatic carbocycles. The molecule has 0 saturated heterocycles. The molecule has 1 amide bonds. The van der Waals surface area contributed by atoms with Crippen molar-refractivity contribution in [2.45, 2.75) is 20.4 Å². The van der Waals surface area contributed by atoms with Crippen LogP contribution >= 0.6 is 0 Å². The Labute approximate surface area is 140 Å². The van der Waals surface area contributed by atoms with E-state index in [2.05, 4.69) is 10.2 Å². The van der Waals surface area contributed by atoms with Crippen molar-refractivity contribution in [1.29, 1.82) is 0 Å². The summed E-state index contributed by atoms with van der Waals surface area (Å²) >= 11 is 0. The molecule has 3 aromatic rings. The highest BCUT2D eigenvalue weighted by Gasteiger charge is 2.17. The van der Waals surface area contributed by atoms with Gasteiger partial charge in [0.05, 0.1) is 6.54 Å². The number of aryl methyl sites for hydroxylation is 2. The van der Waals surface area contributed by atoms with Crippen molar-refractivity contribution in [3.05, 3.63) is 71.1 Å². The van der Waals surface area contributed by atoms with Crippen LogP contribution in [0.5, 0.6) is 0 Å². The first-order valence-corrected chi connectivity index (χ1v) is 7.75. The molecule has 0 saturated carbocycles. The van der Waals surface area contributed by atoms with Crippen LogP contribution in [0.4, 0.5) is 0 Å². The van der Waals surface area contributed by atoms with E-state index in [0.29, 0.717) is 17.3 Å². The third-order valence-corrected chi connectivity index (χ3v) is 3.86. The summed E-state index contributed by atoms with van der Waals surface area (Å²) in [5, 5.41) is 8.11. The molecule has 122 valence electrons. The lowest BCUT2D eigenvalue weighted by Gasteiger charge is -2.16. The molecule has 5 nitrogen and oxygen atoms in total. The highest BCUT2D eigenvalue weighted by molar-refractivity contribution is 5.95. The minimum atomic E-state index is -0.0665. The highest BCUT2D eigenvalue weighted by atomic mass is 16.4. The number of hydrogen-bond acceptors (Lipinski definition) is 4. The number of carbonyl (C=O) groups is 1. The molecule has 0 unspecified atom stereocenters. The molecule has 3 rings (SSSR count). The molecule has 1 heterocycles. The van der Waals surface area contributed by atoms with Crippen LogP contribution < -0.4 is 0 Å². The van der Waals surface area contributed by atoms with Gasteiger partial charge in [-0.15, -0.1) is 10.2 Å². The Morgan fingerprint density at radius 2 is 1.75 bits per heavy atom. The number of nitrogens with zero attached hydrogens (tertiary/aromatic N) is 3. The van der Waals surface area contributed by atoms with Gasteiger partial charge in [-0.05, 0) is 37.6 Å². The Kier molecular flexibility index (Phi) is 4.42. The van der Waals surface area contributed by atoms with Crippen LogP contribution in [-0.2, 0) is 6.54 Å². The summed E-state index contributed by atoms with van der Waals surface area (Å²) in [5.41, 5.74) is 3.66. The van der Waals surface area contributed by atoms with Crippen LogP contribution in [0.15, 0.2) is 52.9 Å². The second-order valence-corrected chi connectivity index (χ2v) is 5.84. The van der Waals surface area contributed by atoms with Crippen LogP contribution in [0.2, 0.25) is 0 Å². The van der Waals surface area contributed by atoms with Gasteiger partial charge in [0.25, 0.3) is 5.91 Å². The van der Waals surface area contributed by atoms with E-state index in [9.17, 15) is 4.79 Å². The molecule has 1 aromatic heterocycles. The monoisotopic (exact) mass is 321 g/mol. The lowest BCUT2D eigenvalue weighted by atomic mass is 10.1. The smallest absolute Gasteiger partial charge is 0.254 e. The van der Waals surface area contributed by atoms with Gasteiger partial charge in [-0.1, -0.05) is 35.9 Å². The number of aromatic nitrogens is 2. The minimum Gasteiger partial charge on any atom is -0.419 e. The first-order chi connectivity index (χ1) is 11.5. The fraction of sp³-hybridized carbons (Fsp3) is 0.211. The zero-order valence-corrected chi connectivity index (χ0v) is 14.0. The average molecular weight is 321 g/mol. The third kappa shape index (κ3) is 3.35. The first kappa shape index (κ1) is 15.9. The maximum Gasteiger partial charge on any atom is 0.254 e. The number of hydrogen-bond donors (Lipinski definition) is 0. The van der Waals surface area contributed by atoms with Crippen molar-refractivity contribution in [2.75, 3.05) is 7.05 Å². The minimum absolute atomic E-state index is 0.0665. The lowest BCUT2D eigenvalue weighted by molar-refractivity contribution is 0.0772. The number of amides is 1. The maximum atomic E-state index is 12.5. The number of carbonyl (C=O) groups excluding carboxylic acids is 1. The summed E-state index contributed by atoms with van der Waals surface area (Å²) < 4.78 is 5.68. The molecule has 0 bridgehead atoms. The van der Waals surface area contributed by atoms with E-state index in [1.165, 1.54) is 5.56 Å². The van der Waals surface area contributed by atoms with Gasteiger partial charge < -0.3 is 9.32 Å². The van der Waals surface area contributed by atoms with Crippen molar-refractivity contribution in [2.24, 2.45) is 0 Å². The number of benzene rings is 2. The first-order valence-electron chi connectivity index (χ1n) is 7.75. The van der Waals surface area contributed by atoms with Crippen molar-refractivity contribution < 1.29 is 9.21 Å². The van der Waals surface area contributed by atoms with Gasteiger partial charge in [0.15, 0.2) is 0 Å². The second kappa shape index (κ2) is 6.66. The summed E-state index contributed by atoms with van der Waals surface area (Å²) in [6, 6.07) is 15.4. The van der Waals surface area contributed by atoms with Gasteiger partial charge in [0.1, 0.15) is 0 Å². The Bertz CT molecular complexity index is 853. The summed E-state index contributed by atoms with van der Waals surface area (Å²) in [7, 11) is 1.73. The van der Waals surface area contributed by atoms with Crippen molar-refractivity contribution in [1.82, 2.24) is 15.1 Å². The van der Waals surface area contributed by atoms with Crippen molar-refractivity contribution in [3.8, 4) is 11.5 Å². The fourth-order valence-corrected chi connectivity index (χ4v) is 2.42. The molecule has 0 atom stereocenters. The Morgan fingerprint density at radius 3 is 2.46 bits per heavy atom. The van der Waals surface area contributed by atoms with E-state index in [-0.39, 0.29) is 12.5 Å². The van der Waals surface area contributed by atoms with Crippen LogP contribution in [0, 0.1) is 13.8 Å². The quantitative estimate of drug-likeness (QED) is 0.736. The van der Waals surface area contributed by atoms with Crippen LogP contribution in [-0.4, -0.2) is 28.1 Å². The van der Waals surface area contributed by atoms with Gasteiger partial charge in [-0.3, -0.25) is 4.79 Å². The van der Waals surface area contributed by atoms with E-state index >= 15 is 0 Å².